The number of aryl methyl sites for hydroxylation is 4. The van der Waals surface area contributed by atoms with E-state index in [1.165, 1.54) is 28.8 Å². The molecule has 0 aliphatic rings. The van der Waals surface area contributed by atoms with Gasteiger partial charge in [-0.15, -0.1) is 0 Å². The lowest BCUT2D eigenvalue weighted by atomic mass is 9.97. The molecule has 4 heteroatoms. The Balaban J connectivity index is 1.41. The molecule has 4 rings (SSSR count). The first kappa shape index (κ1) is 23.6. The van der Waals surface area contributed by atoms with Crippen LogP contribution in [0.1, 0.15) is 33.4 Å². The summed E-state index contributed by atoms with van der Waals surface area (Å²) in [6, 6.07) is 24.7. The summed E-state index contributed by atoms with van der Waals surface area (Å²) in [5.74, 6) is -0.752. The van der Waals surface area contributed by atoms with Gasteiger partial charge in [0.2, 0.25) is 0 Å². The van der Waals surface area contributed by atoms with E-state index in [9.17, 15) is 4.39 Å². The molecule has 0 radical (unpaired) electrons. The summed E-state index contributed by atoms with van der Waals surface area (Å²) in [4.78, 5) is 0. The average Bonchev–Trinajstić information content (AvgIpc) is 2.86. The Morgan fingerprint density at radius 1 is 0.706 bits per heavy atom. The van der Waals surface area contributed by atoms with Crippen LogP contribution in [-0.4, -0.2) is 13.7 Å². The molecule has 34 heavy (non-hydrogen) atoms. The Kier molecular flexibility index (Phi) is 7.67. The van der Waals surface area contributed by atoms with Gasteiger partial charge in [0, 0.05) is 12.5 Å². The third kappa shape index (κ3) is 5.68. The fraction of sp³-hybridized carbons (Fsp3) is 0.233. The largest absolute Gasteiger partial charge is 0.384 e. The minimum absolute atomic E-state index is 0.0236. The van der Waals surface area contributed by atoms with Crippen LogP contribution in [0.15, 0.2) is 72.8 Å². The molecule has 0 spiro atoms. The number of rotatable bonds is 9. The van der Waals surface area contributed by atoms with Gasteiger partial charge < -0.3 is 4.74 Å². The van der Waals surface area contributed by atoms with Gasteiger partial charge in [-0.2, -0.15) is 5.26 Å². The molecule has 0 fully saturated rings. The van der Waals surface area contributed by atoms with Crippen LogP contribution in [0.2, 0.25) is 0 Å². The monoisotopic (exact) mass is 455 g/mol. The van der Waals surface area contributed by atoms with Crippen molar-refractivity contribution in [3.05, 3.63) is 118 Å². The molecule has 0 aliphatic carbocycles. The Morgan fingerprint density at radius 2 is 1.32 bits per heavy atom. The molecule has 0 N–H and O–H groups in total. The smallest absolute Gasteiger partial charge is 0.141 e. The van der Waals surface area contributed by atoms with E-state index in [0.717, 1.165) is 36.8 Å². The molecule has 0 saturated carbocycles. The maximum absolute atomic E-state index is 15.2. The van der Waals surface area contributed by atoms with E-state index < -0.39 is 5.82 Å². The number of benzene rings is 4. The van der Waals surface area contributed by atoms with E-state index in [1.54, 1.807) is 13.2 Å². The number of nitriles is 1. The predicted octanol–water partition coefficient (Wildman–Crippen LogP) is 6.75. The number of halogens is 2. The number of hydrogen-bond donors (Lipinski definition) is 0. The van der Waals surface area contributed by atoms with E-state index in [2.05, 4.69) is 30.3 Å². The molecule has 0 aromatic heterocycles. The molecule has 4 aromatic carbocycles. The Hall–Kier alpha value is -3.55. The molecule has 0 saturated heterocycles. The highest BCUT2D eigenvalue weighted by Gasteiger charge is 2.10. The van der Waals surface area contributed by atoms with Gasteiger partial charge in [-0.1, -0.05) is 60.7 Å². The molecule has 0 bridgehead atoms. The maximum Gasteiger partial charge on any atom is 0.141 e. The minimum atomic E-state index is -0.534. The molecule has 0 amide bonds. The minimum Gasteiger partial charge on any atom is -0.384 e. The highest BCUT2D eigenvalue weighted by atomic mass is 19.1. The molecule has 172 valence electrons. The molecular formula is C30H27F2NO. The van der Waals surface area contributed by atoms with E-state index in [0.29, 0.717) is 23.8 Å². The SMILES string of the molecule is COCCc1ccc(CCc2ccc3c(F)c(CCc4ccc(C#N)c(F)c4)ccc3c2)cc1. The summed E-state index contributed by atoms with van der Waals surface area (Å²) in [5, 5.41) is 10.4. The van der Waals surface area contributed by atoms with Gasteiger partial charge >= 0.3 is 0 Å². The van der Waals surface area contributed by atoms with Crippen molar-refractivity contribution in [2.45, 2.75) is 32.1 Å². The van der Waals surface area contributed by atoms with Crippen molar-refractivity contribution >= 4 is 10.8 Å². The van der Waals surface area contributed by atoms with Gasteiger partial charge in [-0.05, 0) is 77.4 Å². The zero-order valence-electron chi connectivity index (χ0n) is 19.3. The van der Waals surface area contributed by atoms with Crippen molar-refractivity contribution in [1.82, 2.24) is 0 Å². The molecule has 4 aromatic rings. The fourth-order valence-corrected chi connectivity index (χ4v) is 4.20. The summed E-state index contributed by atoms with van der Waals surface area (Å²) >= 11 is 0. The third-order valence-electron chi connectivity index (χ3n) is 6.26. The molecule has 2 nitrogen and oxygen atoms in total. The molecule has 0 atom stereocenters. The summed E-state index contributed by atoms with van der Waals surface area (Å²) < 4.78 is 34.1. The predicted molar refractivity (Wildman–Crippen MR) is 132 cm³/mol. The average molecular weight is 456 g/mol. The van der Waals surface area contributed by atoms with Gasteiger partial charge in [0.1, 0.15) is 17.7 Å². The van der Waals surface area contributed by atoms with E-state index in [1.807, 2.05) is 30.3 Å². The zero-order chi connectivity index (χ0) is 23.9. The van der Waals surface area contributed by atoms with Crippen LogP contribution in [-0.2, 0) is 36.8 Å². The maximum atomic E-state index is 15.2. The molecule has 0 unspecified atom stereocenters. The number of methoxy groups -OCH3 is 1. The molecule has 0 aliphatic heterocycles. The summed E-state index contributed by atoms with van der Waals surface area (Å²) in [6.45, 7) is 0.725. The topological polar surface area (TPSA) is 33.0 Å². The van der Waals surface area contributed by atoms with Crippen molar-refractivity contribution in [2.75, 3.05) is 13.7 Å². The van der Waals surface area contributed by atoms with Crippen LogP contribution in [0.5, 0.6) is 0 Å². The number of ether oxygens (including phenoxy) is 1. The van der Waals surface area contributed by atoms with Crippen LogP contribution in [0, 0.1) is 23.0 Å². The third-order valence-corrected chi connectivity index (χ3v) is 6.26. The standard InChI is InChI=1S/C30H27F2NO/c1-34-17-16-22-4-2-21(3-5-22)6-7-23-10-15-28-26(18-23)14-13-25(30(28)32)11-8-24-9-12-27(20-33)29(31)19-24/h2-5,9-10,12-15,18-19H,6-8,11,16-17H2,1H3. The highest BCUT2D eigenvalue weighted by Crippen LogP contribution is 2.24. The first-order valence-corrected chi connectivity index (χ1v) is 11.5. The molecular weight excluding hydrogens is 428 g/mol. The highest BCUT2D eigenvalue weighted by molar-refractivity contribution is 5.84. The zero-order valence-corrected chi connectivity index (χ0v) is 19.3. The van der Waals surface area contributed by atoms with Gasteiger partial charge in [0.25, 0.3) is 0 Å². The summed E-state index contributed by atoms with van der Waals surface area (Å²) in [6.07, 6.45) is 3.71. The second-order valence-corrected chi connectivity index (χ2v) is 8.58. The van der Waals surface area contributed by atoms with Crippen molar-refractivity contribution in [2.24, 2.45) is 0 Å². The van der Waals surface area contributed by atoms with Gasteiger partial charge in [0.15, 0.2) is 0 Å². The van der Waals surface area contributed by atoms with Gasteiger partial charge in [0.05, 0.1) is 12.2 Å². The van der Waals surface area contributed by atoms with Crippen molar-refractivity contribution in [3.63, 3.8) is 0 Å². The van der Waals surface area contributed by atoms with Crippen LogP contribution < -0.4 is 0 Å². The van der Waals surface area contributed by atoms with Crippen LogP contribution >= 0.6 is 0 Å². The number of hydrogen-bond acceptors (Lipinski definition) is 2. The van der Waals surface area contributed by atoms with Crippen LogP contribution in [0.4, 0.5) is 8.78 Å². The van der Waals surface area contributed by atoms with Gasteiger partial charge in [-0.3, -0.25) is 0 Å². The van der Waals surface area contributed by atoms with Crippen molar-refractivity contribution in [3.8, 4) is 6.07 Å². The van der Waals surface area contributed by atoms with Crippen molar-refractivity contribution in [1.29, 1.82) is 5.26 Å². The van der Waals surface area contributed by atoms with E-state index in [4.69, 9.17) is 10.00 Å². The van der Waals surface area contributed by atoms with Gasteiger partial charge in [-0.25, -0.2) is 8.78 Å². The summed E-state index contributed by atoms with van der Waals surface area (Å²) in [7, 11) is 1.71. The van der Waals surface area contributed by atoms with E-state index >= 15 is 4.39 Å². The van der Waals surface area contributed by atoms with Crippen LogP contribution in [0.3, 0.4) is 0 Å². The van der Waals surface area contributed by atoms with Crippen molar-refractivity contribution < 1.29 is 13.5 Å². The lowest BCUT2D eigenvalue weighted by Crippen LogP contribution is -1.98. The summed E-state index contributed by atoms with van der Waals surface area (Å²) in [5.41, 5.74) is 5.11. The number of nitrogens with zero attached hydrogens (tertiary/aromatic N) is 1. The quantitative estimate of drug-likeness (QED) is 0.280. The Labute approximate surface area is 199 Å². The lowest BCUT2D eigenvalue weighted by molar-refractivity contribution is 0.202. The second kappa shape index (κ2) is 11.0. The first-order chi connectivity index (χ1) is 16.6. The normalized spacial score (nSPS) is 11.0. The molecule has 0 heterocycles. The number of fused-ring (bicyclic) bond motifs is 1. The lowest BCUT2D eigenvalue weighted by Gasteiger charge is -2.10. The van der Waals surface area contributed by atoms with Crippen LogP contribution in [0.25, 0.3) is 10.8 Å². The Morgan fingerprint density at radius 3 is 2.03 bits per heavy atom. The second-order valence-electron chi connectivity index (χ2n) is 8.58. The first-order valence-electron chi connectivity index (χ1n) is 11.5. The Bertz CT molecular complexity index is 1320. The van der Waals surface area contributed by atoms with E-state index in [-0.39, 0.29) is 11.4 Å². The fourth-order valence-electron chi connectivity index (χ4n) is 4.20.